The van der Waals surface area contributed by atoms with Crippen LogP contribution in [-0.4, -0.2) is 64.4 Å². The fourth-order valence-electron chi connectivity index (χ4n) is 3.74. The summed E-state index contributed by atoms with van der Waals surface area (Å²) >= 11 is 0. The summed E-state index contributed by atoms with van der Waals surface area (Å²) in [5.41, 5.74) is 2.20. The number of hydrogen-bond donors (Lipinski definition) is 1. The second-order valence-corrected chi connectivity index (χ2v) is 9.90. The number of methoxy groups -OCH3 is 2. The molecule has 32 heavy (non-hydrogen) atoms. The molecule has 1 N–H and O–H groups in total. The Morgan fingerprint density at radius 3 is 2.41 bits per heavy atom. The minimum absolute atomic E-state index is 0.0278. The highest BCUT2D eigenvalue weighted by molar-refractivity contribution is 7.89. The standard InChI is InChI=1S/C23H31N3O5S/c1-25(32(28,29)20-9-10-21(30-2)22(14-20)31-3)17-23(27)24-15-18-7-6-8-19(13-18)16-26-11-4-5-12-26/h6-10,13-14H,4-5,11-12,15-17H2,1-3H3,(H,24,27). The van der Waals surface area contributed by atoms with Crippen LogP contribution in [0.5, 0.6) is 11.5 Å². The quantitative estimate of drug-likeness (QED) is 0.584. The van der Waals surface area contributed by atoms with Gasteiger partial charge in [0.05, 0.1) is 25.7 Å². The van der Waals surface area contributed by atoms with Crippen molar-refractivity contribution in [3.05, 3.63) is 53.6 Å². The first-order chi connectivity index (χ1) is 15.3. The number of carbonyl (C=O) groups is 1. The number of ether oxygens (including phenoxy) is 2. The molecule has 0 unspecified atom stereocenters. The molecule has 0 spiro atoms. The summed E-state index contributed by atoms with van der Waals surface area (Å²) in [5.74, 6) is 0.362. The molecule has 2 aromatic carbocycles. The zero-order valence-corrected chi connectivity index (χ0v) is 19.7. The maximum absolute atomic E-state index is 12.9. The van der Waals surface area contributed by atoms with Gasteiger partial charge < -0.3 is 14.8 Å². The summed E-state index contributed by atoms with van der Waals surface area (Å²) in [5, 5.41) is 2.81. The fraction of sp³-hybridized carbons (Fsp3) is 0.435. The first-order valence-electron chi connectivity index (χ1n) is 10.6. The van der Waals surface area contributed by atoms with Crippen LogP contribution < -0.4 is 14.8 Å². The second-order valence-electron chi connectivity index (χ2n) is 7.86. The number of benzene rings is 2. The van der Waals surface area contributed by atoms with E-state index in [1.54, 1.807) is 0 Å². The number of nitrogens with zero attached hydrogens (tertiary/aromatic N) is 2. The average molecular weight is 462 g/mol. The van der Waals surface area contributed by atoms with E-state index in [0.29, 0.717) is 18.0 Å². The van der Waals surface area contributed by atoms with Crippen LogP contribution in [0.2, 0.25) is 0 Å². The highest BCUT2D eigenvalue weighted by atomic mass is 32.2. The predicted octanol–water partition coefficient (Wildman–Crippen LogP) is 2.24. The molecule has 1 heterocycles. The van der Waals surface area contributed by atoms with Gasteiger partial charge in [-0.25, -0.2) is 8.42 Å². The van der Waals surface area contributed by atoms with Crippen LogP contribution in [-0.2, 0) is 27.9 Å². The molecule has 174 valence electrons. The predicted molar refractivity (Wildman–Crippen MR) is 122 cm³/mol. The molecule has 0 bridgehead atoms. The highest BCUT2D eigenvalue weighted by Crippen LogP contribution is 2.30. The lowest BCUT2D eigenvalue weighted by Gasteiger charge is -2.18. The number of likely N-dealkylation sites (N-methyl/N-ethyl adjacent to an activating group) is 1. The van der Waals surface area contributed by atoms with Gasteiger partial charge in [0, 0.05) is 26.2 Å². The lowest BCUT2D eigenvalue weighted by molar-refractivity contribution is -0.121. The van der Waals surface area contributed by atoms with Gasteiger partial charge in [-0.3, -0.25) is 9.69 Å². The zero-order chi connectivity index (χ0) is 23.1. The summed E-state index contributed by atoms with van der Waals surface area (Å²) in [4.78, 5) is 14.9. The molecule has 9 heteroatoms. The molecule has 0 saturated carbocycles. The van der Waals surface area contributed by atoms with Crippen molar-refractivity contribution in [3.63, 3.8) is 0 Å². The summed E-state index contributed by atoms with van der Waals surface area (Å²) in [6.45, 7) is 3.22. The Morgan fingerprint density at radius 2 is 1.72 bits per heavy atom. The SMILES string of the molecule is COc1ccc(S(=O)(=O)N(C)CC(=O)NCc2cccc(CN3CCCC3)c2)cc1OC. The first-order valence-corrected chi connectivity index (χ1v) is 12.0. The van der Waals surface area contributed by atoms with Crippen molar-refractivity contribution in [2.75, 3.05) is 40.9 Å². The molecule has 3 rings (SSSR count). The van der Waals surface area contributed by atoms with Gasteiger partial charge in [-0.05, 0) is 49.2 Å². The van der Waals surface area contributed by atoms with E-state index in [2.05, 4.69) is 22.3 Å². The van der Waals surface area contributed by atoms with Crippen LogP contribution in [0.25, 0.3) is 0 Å². The molecular formula is C23H31N3O5S. The summed E-state index contributed by atoms with van der Waals surface area (Å²) in [7, 11) is 0.427. The Labute approximate surface area is 190 Å². The van der Waals surface area contributed by atoms with Gasteiger partial charge >= 0.3 is 0 Å². The third-order valence-corrected chi connectivity index (χ3v) is 7.31. The van der Waals surface area contributed by atoms with Crippen molar-refractivity contribution < 1.29 is 22.7 Å². The monoisotopic (exact) mass is 461 g/mol. The molecule has 0 aromatic heterocycles. The van der Waals surface area contributed by atoms with E-state index in [9.17, 15) is 13.2 Å². The van der Waals surface area contributed by atoms with Gasteiger partial charge in [0.2, 0.25) is 15.9 Å². The Kier molecular flexibility index (Phi) is 8.11. The average Bonchev–Trinajstić information content (AvgIpc) is 3.30. The number of rotatable bonds is 10. The van der Waals surface area contributed by atoms with Crippen LogP contribution in [0.3, 0.4) is 0 Å². The number of sulfonamides is 1. The third-order valence-electron chi connectivity index (χ3n) is 5.52. The Balaban J connectivity index is 1.57. The summed E-state index contributed by atoms with van der Waals surface area (Å²) < 4.78 is 37.1. The van der Waals surface area contributed by atoms with Gasteiger partial charge in [0.1, 0.15) is 0 Å². The van der Waals surface area contributed by atoms with Crippen molar-refractivity contribution in [1.82, 2.24) is 14.5 Å². The second kappa shape index (κ2) is 10.8. The molecule has 1 aliphatic rings. The molecule has 8 nitrogen and oxygen atoms in total. The van der Waals surface area contributed by atoms with Gasteiger partial charge in [-0.2, -0.15) is 4.31 Å². The molecular weight excluding hydrogens is 430 g/mol. The van der Waals surface area contributed by atoms with Crippen LogP contribution in [0.1, 0.15) is 24.0 Å². The number of likely N-dealkylation sites (tertiary alicyclic amines) is 1. The molecule has 1 aliphatic heterocycles. The minimum Gasteiger partial charge on any atom is -0.493 e. The van der Waals surface area contributed by atoms with Gasteiger partial charge in [0.25, 0.3) is 0 Å². The van der Waals surface area contributed by atoms with Gasteiger partial charge in [-0.1, -0.05) is 24.3 Å². The highest BCUT2D eigenvalue weighted by Gasteiger charge is 2.24. The molecule has 1 amide bonds. The number of amides is 1. The van der Waals surface area contributed by atoms with E-state index in [1.807, 2.05) is 12.1 Å². The van der Waals surface area contributed by atoms with E-state index in [1.165, 1.54) is 57.9 Å². The van der Waals surface area contributed by atoms with E-state index < -0.39 is 10.0 Å². The summed E-state index contributed by atoms with van der Waals surface area (Å²) in [6.07, 6.45) is 2.49. The molecule has 0 aliphatic carbocycles. The van der Waals surface area contributed by atoms with Crippen molar-refractivity contribution in [1.29, 1.82) is 0 Å². The normalized spacial score (nSPS) is 14.5. The Hall–Kier alpha value is -2.62. The molecule has 1 saturated heterocycles. The fourth-order valence-corrected chi connectivity index (χ4v) is 4.88. The van der Waals surface area contributed by atoms with E-state index in [4.69, 9.17) is 9.47 Å². The molecule has 0 atom stereocenters. The Bertz CT molecular complexity index is 1040. The number of hydrogen-bond acceptors (Lipinski definition) is 6. The zero-order valence-electron chi connectivity index (χ0n) is 18.8. The first kappa shape index (κ1) is 24.0. The van der Waals surface area contributed by atoms with Crippen molar-refractivity contribution >= 4 is 15.9 Å². The lowest BCUT2D eigenvalue weighted by Crippen LogP contribution is -2.38. The van der Waals surface area contributed by atoms with Crippen molar-refractivity contribution in [2.24, 2.45) is 0 Å². The van der Waals surface area contributed by atoms with E-state index in [0.717, 1.165) is 29.5 Å². The van der Waals surface area contributed by atoms with E-state index in [-0.39, 0.29) is 17.3 Å². The smallest absolute Gasteiger partial charge is 0.243 e. The Morgan fingerprint density at radius 1 is 1.03 bits per heavy atom. The van der Waals surface area contributed by atoms with Gasteiger partial charge in [-0.15, -0.1) is 0 Å². The van der Waals surface area contributed by atoms with Crippen LogP contribution in [0, 0.1) is 0 Å². The molecule has 1 fully saturated rings. The topological polar surface area (TPSA) is 88.2 Å². The maximum atomic E-state index is 12.9. The van der Waals surface area contributed by atoms with Crippen molar-refractivity contribution in [3.8, 4) is 11.5 Å². The number of carbonyl (C=O) groups excluding carboxylic acids is 1. The third kappa shape index (κ3) is 5.99. The van der Waals surface area contributed by atoms with Crippen LogP contribution in [0.15, 0.2) is 47.4 Å². The lowest BCUT2D eigenvalue weighted by atomic mass is 10.1. The van der Waals surface area contributed by atoms with Crippen LogP contribution >= 0.6 is 0 Å². The van der Waals surface area contributed by atoms with Crippen molar-refractivity contribution in [2.45, 2.75) is 30.8 Å². The van der Waals surface area contributed by atoms with Gasteiger partial charge in [0.15, 0.2) is 11.5 Å². The largest absolute Gasteiger partial charge is 0.493 e. The molecule has 2 aromatic rings. The maximum Gasteiger partial charge on any atom is 0.243 e. The molecule has 0 radical (unpaired) electrons. The summed E-state index contributed by atoms with van der Waals surface area (Å²) in [6, 6.07) is 12.5. The van der Waals surface area contributed by atoms with E-state index >= 15 is 0 Å². The number of nitrogens with one attached hydrogen (secondary N) is 1. The minimum atomic E-state index is -3.86. The van der Waals surface area contributed by atoms with Crippen LogP contribution in [0.4, 0.5) is 0 Å².